The number of methoxy groups -OCH3 is 1. The molecule has 1 saturated heterocycles. The number of Topliss-reactive ketones (excluding diaryl/α,β-unsaturated/α-hetero) is 1. The van der Waals surface area contributed by atoms with Crippen molar-refractivity contribution in [2.45, 2.75) is 63.3 Å². The third-order valence-electron chi connectivity index (χ3n) is 4.64. The van der Waals surface area contributed by atoms with Gasteiger partial charge in [-0.15, -0.1) is 13.2 Å². The number of ketones is 1. The minimum Gasteiger partial charge on any atom is -0.379 e. The van der Waals surface area contributed by atoms with Crippen molar-refractivity contribution in [3.63, 3.8) is 0 Å². The van der Waals surface area contributed by atoms with E-state index in [1.807, 2.05) is 6.92 Å². The summed E-state index contributed by atoms with van der Waals surface area (Å²) in [7, 11) is 1.64. The predicted molar refractivity (Wildman–Crippen MR) is 85.6 cm³/mol. The van der Waals surface area contributed by atoms with Crippen molar-refractivity contribution >= 4 is 12.1 Å². The highest BCUT2D eigenvalue weighted by Crippen LogP contribution is 2.32. The fourth-order valence-corrected chi connectivity index (χ4v) is 3.37. The van der Waals surface area contributed by atoms with E-state index in [2.05, 4.69) is 18.5 Å². The number of rotatable bonds is 5. The Labute approximate surface area is 133 Å². The van der Waals surface area contributed by atoms with Gasteiger partial charge in [0.1, 0.15) is 0 Å². The lowest BCUT2D eigenvalue weighted by atomic mass is 9.84. The van der Waals surface area contributed by atoms with E-state index in [1.165, 1.54) is 6.42 Å². The molecule has 2 fully saturated rings. The van der Waals surface area contributed by atoms with Crippen LogP contribution in [0.25, 0.3) is 0 Å². The molecule has 0 bridgehead atoms. The first kappa shape index (κ1) is 19.0. The standard InChI is InChI=1S/C15H25NO4.C2H4/c1-11-8-13(19-2)10-20-15(11,14(18)9-17)16-12-6-4-3-5-7-12;1-2/h9,11-13,16H,3-8,10H2,1-2H3;1-2H2. The van der Waals surface area contributed by atoms with Crippen LogP contribution in [-0.4, -0.2) is 43.7 Å². The molecule has 1 N–H and O–H groups in total. The van der Waals surface area contributed by atoms with Crippen molar-refractivity contribution in [2.75, 3.05) is 13.7 Å². The minimum absolute atomic E-state index is 0.00858. The molecule has 0 aromatic heterocycles. The van der Waals surface area contributed by atoms with Gasteiger partial charge in [0.2, 0.25) is 5.78 Å². The van der Waals surface area contributed by atoms with Crippen LogP contribution in [0.2, 0.25) is 0 Å². The summed E-state index contributed by atoms with van der Waals surface area (Å²) in [5.74, 6) is -0.578. The van der Waals surface area contributed by atoms with Crippen molar-refractivity contribution < 1.29 is 19.1 Å². The third kappa shape index (κ3) is 4.24. The molecular weight excluding hydrogens is 282 g/mol. The molecule has 1 saturated carbocycles. The van der Waals surface area contributed by atoms with Gasteiger partial charge in [-0.25, -0.2) is 0 Å². The number of nitrogens with one attached hydrogen (secondary N) is 1. The highest BCUT2D eigenvalue weighted by molar-refractivity contribution is 6.28. The average molecular weight is 311 g/mol. The Balaban J connectivity index is 0.00000116. The normalized spacial score (nSPS) is 32.6. The second kappa shape index (κ2) is 9.18. The maximum atomic E-state index is 12.2. The molecule has 0 aromatic carbocycles. The van der Waals surface area contributed by atoms with Gasteiger partial charge in [-0.05, 0) is 19.3 Å². The molecule has 1 aliphatic carbocycles. The van der Waals surface area contributed by atoms with Crippen molar-refractivity contribution in [3.05, 3.63) is 13.2 Å². The molecule has 1 heterocycles. The van der Waals surface area contributed by atoms with Gasteiger partial charge in [0.05, 0.1) is 12.7 Å². The van der Waals surface area contributed by atoms with Crippen LogP contribution in [0, 0.1) is 5.92 Å². The zero-order chi connectivity index (χ0) is 16.6. The predicted octanol–water partition coefficient (Wildman–Crippen LogP) is 2.25. The lowest BCUT2D eigenvalue weighted by Gasteiger charge is -2.45. The number of hydrogen-bond donors (Lipinski definition) is 1. The number of ether oxygens (including phenoxy) is 2. The highest BCUT2D eigenvalue weighted by atomic mass is 16.6. The van der Waals surface area contributed by atoms with Crippen LogP contribution < -0.4 is 5.32 Å². The van der Waals surface area contributed by atoms with E-state index >= 15 is 0 Å². The first-order valence-corrected chi connectivity index (χ1v) is 8.06. The summed E-state index contributed by atoms with van der Waals surface area (Å²) >= 11 is 0. The van der Waals surface area contributed by atoms with Crippen LogP contribution in [0.3, 0.4) is 0 Å². The maximum Gasteiger partial charge on any atom is 0.242 e. The van der Waals surface area contributed by atoms with Crippen molar-refractivity contribution in [1.82, 2.24) is 5.32 Å². The fourth-order valence-electron chi connectivity index (χ4n) is 3.37. The number of hydrogen-bond acceptors (Lipinski definition) is 5. The van der Waals surface area contributed by atoms with Crippen molar-refractivity contribution in [3.8, 4) is 0 Å². The van der Waals surface area contributed by atoms with Crippen LogP contribution in [0.4, 0.5) is 0 Å². The highest BCUT2D eigenvalue weighted by Gasteiger charge is 2.49. The maximum absolute atomic E-state index is 12.2. The van der Waals surface area contributed by atoms with Crippen LogP contribution in [-0.2, 0) is 19.1 Å². The van der Waals surface area contributed by atoms with Crippen molar-refractivity contribution in [1.29, 1.82) is 0 Å². The quantitative estimate of drug-likeness (QED) is 0.479. The summed E-state index contributed by atoms with van der Waals surface area (Å²) in [6.45, 7) is 8.29. The average Bonchev–Trinajstić information content (AvgIpc) is 2.58. The summed E-state index contributed by atoms with van der Waals surface area (Å²) in [5.41, 5.74) is -1.15. The zero-order valence-corrected chi connectivity index (χ0v) is 13.8. The molecule has 3 atom stereocenters. The smallest absolute Gasteiger partial charge is 0.242 e. The summed E-state index contributed by atoms with van der Waals surface area (Å²) < 4.78 is 11.1. The molecule has 22 heavy (non-hydrogen) atoms. The second-order valence-electron chi connectivity index (χ2n) is 6.00. The summed E-state index contributed by atoms with van der Waals surface area (Å²) in [4.78, 5) is 23.2. The largest absolute Gasteiger partial charge is 0.379 e. The molecule has 5 nitrogen and oxygen atoms in total. The first-order chi connectivity index (χ1) is 10.6. The third-order valence-corrected chi connectivity index (χ3v) is 4.64. The molecule has 3 unspecified atom stereocenters. The Morgan fingerprint density at radius 1 is 1.32 bits per heavy atom. The van der Waals surface area contributed by atoms with Crippen LogP contribution in [0.1, 0.15) is 45.4 Å². The van der Waals surface area contributed by atoms with Gasteiger partial charge in [-0.3, -0.25) is 14.9 Å². The van der Waals surface area contributed by atoms with E-state index in [1.54, 1.807) is 7.11 Å². The van der Waals surface area contributed by atoms with Crippen LogP contribution in [0.15, 0.2) is 13.2 Å². The molecule has 5 heteroatoms. The van der Waals surface area contributed by atoms with E-state index in [4.69, 9.17) is 9.47 Å². The van der Waals surface area contributed by atoms with Gasteiger partial charge in [-0.1, -0.05) is 26.2 Å². The Kier molecular flexibility index (Phi) is 7.93. The SMILES string of the molecule is C=C.COC1COC(NC2CCCCC2)(C(=O)C=O)C(C)C1. The first-order valence-electron chi connectivity index (χ1n) is 8.06. The topological polar surface area (TPSA) is 64.6 Å². The summed E-state index contributed by atoms with van der Waals surface area (Å²) in [6, 6.07) is 0.259. The summed E-state index contributed by atoms with van der Waals surface area (Å²) in [5, 5.41) is 3.36. The molecule has 0 radical (unpaired) electrons. The number of carbonyl (C=O) groups excluding carboxylic acids is 2. The zero-order valence-electron chi connectivity index (χ0n) is 13.8. The molecule has 1 aliphatic heterocycles. The number of carbonyl (C=O) groups is 2. The molecule has 0 amide bonds. The fraction of sp³-hybridized carbons (Fsp3) is 0.765. The van der Waals surface area contributed by atoms with Crippen LogP contribution >= 0.6 is 0 Å². The van der Waals surface area contributed by atoms with Gasteiger partial charge in [0.25, 0.3) is 0 Å². The molecule has 2 rings (SSSR count). The molecule has 0 aromatic rings. The molecule has 126 valence electrons. The van der Waals surface area contributed by atoms with E-state index in [0.29, 0.717) is 12.9 Å². The summed E-state index contributed by atoms with van der Waals surface area (Å²) in [6.07, 6.45) is 6.75. The van der Waals surface area contributed by atoms with Gasteiger partial charge < -0.3 is 9.47 Å². The lowest BCUT2D eigenvalue weighted by Crippen LogP contribution is -2.65. The number of aldehydes is 1. The monoisotopic (exact) mass is 311 g/mol. The minimum atomic E-state index is -1.15. The lowest BCUT2D eigenvalue weighted by molar-refractivity contribution is -0.191. The molecule has 2 aliphatic rings. The molecular formula is C17H29NO4. The van der Waals surface area contributed by atoms with E-state index in [-0.39, 0.29) is 18.1 Å². The Morgan fingerprint density at radius 3 is 2.45 bits per heavy atom. The van der Waals surface area contributed by atoms with Gasteiger partial charge >= 0.3 is 0 Å². The van der Waals surface area contributed by atoms with Crippen LogP contribution in [0.5, 0.6) is 0 Å². The Morgan fingerprint density at radius 2 is 1.95 bits per heavy atom. The van der Waals surface area contributed by atoms with E-state index in [9.17, 15) is 9.59 Å². The van der Waals surface area contributed by atoms with Crippen molar-refractivity contribution in [2.24, 2.45) is 5.92 Å². The second-order valence-corrected chi connectivity index (χ2v) is 6.00. The Bertz CT molecular complexity index is 368. The Hall–Kier alpha value is -1.04. The van der Waals surface area contributed by atoms with Gasteiger partial charge in [-0.2, -0.15) is 0 Å². The van der Waals surface area contributed by atoms with Gasteiger partial charge in [0, 0.05) is 19.1 Å². The van der Waals surface area contributed by atoms with E-state index in [0.717, 1.165) is 32.1 Å². The van der Waals surface area contributed by atoms with Gasteiger partial charge in [0.15, 0.2) is 12.0 Å². The van der Waals surface area contributed by atoms with E-state index < -0.39 is 11.5 Å². The molecule has 0 spiro atoms.